The van der Waals surface area contributed by atoms with E-state index in [1.165, 1.54) is 23.5 Å². The number of esters is 1. The first-order valence-electron chi connectivity index (χ1n) is 8.14. The van der Waals surface area contributed by atoms with Crippen LogP contribution >= 0.6 is 11.3 Å². The molecule has 0 atom stereocenters. The van der Waals surface area contributed by atoms with Crippen LogP contribution in [0.2, 0.25) is 0 Å². The third kappa shape index (κ3) is 5.94. The van der Waals surface area contributed by atoms with Gasteiger partial charge in [0.25, 0.3) is 0 Å². The maximum absolute atomic E-state index is 13.3. The molecule has 1 aromatic heterocycles. The molecule has 0 aliphatic heterocycles. The van der Waals surface area contributed by atoms with Crippen LogP contribution < -0.4 is 5.32 Å². The molecular formula is C18H21FN2O3S. The average molecular weight is 364 g/mol. The average Bonchev–Trinajstić information content (AvgIpc) is 2.94. The van der Waals surface area contributed by atoms with Crippen LogP contribution in [0.4, 0.5) is 4.39 Å². The normalized spacial score (nSPS) is 10.5. The number of hydrogen-bond acceptors (Lipinski definition) is 5. The number of nitrogens with one attached hydrogen (secondary N) is 1. The van der Waals surface area contributed by atoms with E-state index in [-0.39, 0.29) is 30.5 Å². The number of halogens is 1. The van der Waals surface area contributed by atoms with Gasteiger partial charge in [0.2, 0.25) is 5.91 Å². The predicted octanol–water partition coefficient (Wildman–Crippen LogP) is 3.26. The van der Waals surface area contributed by atoms with Crippen molar-refractivity contribution in [2.45, 2.75) is 33.1 Å². The number of hydrogen-bond donors (Lipinski definition) is 1. The molecule has 134 valence electrons. The molecule has 0 fully saturated rings. The lowest BCUT2D eigenvalue weighted by Gasteiger charge is -2.04. The summed E-state index contributed by atoms with van der Waals surface area (Å²) in [6.45, 7) is 4.41. The van der Waals surface area contributed by atoms with Crippen molar-refractivity contribution in [2.24, 2.45) is 0 Å². The fourth-order valence-electron chi connectivity index (χ4n) is 2.26. The summed E-state index contributed by atoms with van der Waals surface area (Å²) in [6, 6.07) is 6.34. The van der Waals surface area contributed by atoms with Crippen LogP contribution in [-0.2, 0) is 20.7 Å². The van der Waals surface area contributed by atoms with Gasteiger partial charge in [-0.1, -0.05) is 12.1 Å². The molecular weight excluding hydrogens is 343 g/mol. The van der Waals surface area contributed by atoms with E-state index < -0.39 is 0 Å². The highest BCUT2D eigenvalue weighted by Gasteiger charge is 2.11. The van der Waals surface area contributed by atoms with Crippen molar-refractivity contribution in [1.82, 2.24) is 10.3 Å². The molecule has 0 bridgehead atoms. The molecule has 0 aliphatic rings. The molecule has 0 saturated heterocycles. The van der Waals surface area contributed by atoms with Crippen molar-refractivity contribution >= 4 is 23.2 Å². The molecule has 1 heterocycles. The maximum Gasteiger partial charge on any atom is 0.306 e. The van der Waals surface area contributed by atoms with E-state index in [1.807, 2.05) is 13.0 Å². The lowest BCUT2D eigenvalue weighted by atomic mass is 10.2. The van der Waals surface area contributed by atoms with Gasteiger partial charge in [-0.05, 0) is 26.0 Å². The lowest BCUT2D eigenvalue weighted by molar-refractivity contribution is -0.144. The quantitative estimate of drug-likeness (QED) is 0.730. The van der Waals surface area contributed by atoms with Crippen molar-refractivity contribution in [3.8, 4) is 10.6 Å². The van der Waals surface area contributed by atoms with Gasteiger partial charge in [-0.15, -0.1) is 11.3 Å². The van der Waals surface area contributed by atoms with E-state index in [1.54, 1.807) is 13.0 Å². The lowest BCUT2D eigenvalue weighted by Crippen LogP contribution is -2.26. The summed E-state index contributed by atoms with van der Waals surface area (Å²) in [5.41, 5.74) is 1.63. The Hall–Kier alpha value is -2.28. The Labute approximate surface area is 150 Å². The summed E-state index contributed by atoms with van der Waals surface area (Å²) >= 11 is 1.49. The van der Waals surface area contributed by atoms with Gasteiger partial charge in [0.1, 0.15) is 10.8 Å². The summed E-state index contributed by atoms with van der Waals surface area (Å²) in [6.07, 6.45) is 0.849. The van der Waals surface area contributed by atoms with Crippen LogP contribution in [0.1, 0.15) is 30.3 Å². The minimum absolute atomic E-state index is 0.0863. The highest BCUT2D eigenvalue weighted by molar-refractivity contribution is 7.15. The predicted molar refractivity (Wildman–Crippen MR) is 94.8 cm³/mol. The monoisotopic (exact) mass is 364 g/mol. The fraction of sp³-hybridized carbons (Fsp3) is 0.389. The van der Waals surface area contributed by atoms with Gasteiger partial charge in [-0.2, -0.15) is 0 Å². The standard InChI is InChI=1S/C18H21FN2O3S/c1-3-24-17(23)8-7-16(22)20-10-9-15-12(2)21-18(25-15)13-5-4-6-14(19)11-13/h4-6,11H,3,7-10H2,1-2H3,(H,20,22). The Balaban J connectivity index is 1.83. The number of benzene rings is 1. The third-order valence-corrected chi connectivity index (χ3v) is 4.77. The number of carbonyl (C=O) groups excluding carboxylic acids is 2. The molecule has 25 heavy (non-hydrogen) atoms. The van der Waals surface area contributed by atoms with Crippen LogP contribution in [0.3, 0.4) is 0 Å². The Bertz CT molecular complexity index is 746. The molecule has 0 radical (unpaired) electrons. The molecule has 1 aromatic carbocycles. The Morgan fingerprint density at radius 1 is 1.32 bits per heavy atom. The van der Waals surface area contributed by atoms with Crippen LogP contribution in [-0.4, -0.2) is 30.0 Å². The van der Waals surface area contributed by atoms with Gasteiger partial charge < -0.3 is 10.1 Å². The van der Waals surface area contributed by atoms with E-state index in [4.69, 9.17) is 4.74 Å². The topological polar surface area (TPSA) is 68.3 Å². The summed E-state index contributed by atoms with van der Waals surface area (Å²) in [4.78, 5) is 28.5. The van der Waals surface area contributed by atoms with Crippen molar-refractivity contribution in [1.29, 1.82) is 0 Å². The molecule has 1 amide bonds. The third-order valence-electron chi connectivity index (χ3n) is 3.50. The highest BCUT2D eigenvalue weighted by Crippen LogP contribution is 2.28. The van der Waals surface area contributed by atoms with Gasteiger partial charge in [-0.3, -0.25) is 9.59 Å². The maximum atomic E-state index is 13.3. The van der Waals surface area contributed by atoms with E-state index in [0.717, 1.165) is 21.1 Å². The Kier molecular flexibility index (Phi) is 7.06. The molecule has 2 rings (SSSR count). The molecule has 0 unspecified atom stereocenters. The van der Waals surface area contributed by atoms with Crippen LogP contribution in [0, 0.1) is 12.7 Å². The number of amides is 1. The van der Waals surface area contributed by atoms with E-state index in [0.29, 0.717) is 19.6 Å². The first-order chi connectivity index (χ1) is 12.0. The number of aromatic nitrogens is 1. The zero-order valence-electron chi connectivity index (χ0n) is 14.3. The van der Waals surface area contributed by atoms with Gasteiger partial charge in [0.15, 0.2) is 0 Å². The van der Waals surface area contributed by atoms with Crippen molar-refractivity contribution in [2.75, 3.05) is 13.2 Å². The molecule has 1 N–H and O–H groups in total. The van der Waals surface area contributed by atoms with E-state index in [2.05, 4.69) is 10.3 Å². The summed E-state index contributed by atoms with van der Waals surface area (Å²) in [5.74, 6) is -0.836. The molecule has 7 heteroatoms. The van der Waals surface area contributed by atoms with Gasteiger partial charge in [0, 0.05) is 29.8 Å². The highest BCUT2D eigenvalue weighted by atomic mass is 32.1. The second-order valence-corrected chi connectivity index (χ2v) is 6.53. The molecule has 2 aromatic rings. The van der Waals surface area contributed by atoms with Crippen molar-refractivity contribution < 1.29 is 18.7 Å². The van der Waals surface area contributed by atoms with Gasteiger partial charge in [0.05, 0.1) is 18.7 Å². The number of nitrogens with zero attached hydrogens (tertiary/aromatic N) is 1. The number of thiazole rings is 1. The molecule has 0 saturated carbocycles. The second-order valence-electron chi connectivity index (χ2n) is 5.44. The number of carbonyl (C=O) groups is 2. The van der Waals surface area contributed by atoms with E-state index >= 15 is 0 Å². The smallest absolute Gasteiger partial charge is 0.306 e. The zero-order chi connectivity index (χ0) is 18.2. The Morgan fingerprint density at radius 3 is 2.84 bits per heavy atom. The van der Waals surface area contributed by atoms with Crippen molar-refractivity contribution in [3.05, 3.63) is 40.7 Å². The Morgan fingerprint density at radius 2 is 2.12 bits per heavy atom. The summed E-state index contributed by atoms with van der Waals surface area (Å²) in [7, 11) is 0. The number of ether oxygens (including phenoxy) is 1. The molecule has 5 nitrogen and oxygen atoms in total. The minimum atomic E-state index is -0.365. The fourth-order valence-corrected chi connectivity index (χ4v) is 3.32. The summed E-state index contributed by atoms with van der Waals surface area (Å²) < 4.78 is 18.1. The number of aryl methyl sites for hydroxylation is 1. The zero-order valence-corrected chi connectivity index (χ0v) is 15.1. The largest absolute Gasteiger partial charge is 0.466 e. The van der Waals surface area contributed by atoms with Crippen LogP contribution in [0.25, 0.3) is 10.6 Å². The van der Waals surface area contributed by atoms with Crippen molar-refractivity contribution in [3.63, 3.8) is 0 Å². The molecule has 0 spiro atoms. The first-order valence-corrected chi connectivity index (χ1v) is 8.95. The first kappa shape index (κ1) is 19.1. The SMILES string of the molecule is CCOC(=O)CCC(=O)NCCc1sc(-c2cccc(F)c2)nc1C. The van der Waals surface area contributed by atoms with Gasteiger partial charge >= 0.3 is 5.97 Å². The van der Waals surface area contributed by atoms with Gasteiger partial charge in [-0.25, -0.2) is 9.37 Å². The number of rotatable bonds is 8. The second kappa shape index (κ2) is 9.27. The minimum Gasteiger partial charge on any atom is -0.466 e. The van der Waals surface area contributed by atoms with Crippen LogP contribution in [0.15, 0.2) is 24.3 Å². The molecule has 0 aliphatic carbocycles. The summed E-state index contributed by atoms with van der Waals surface area (Å²) in [5, 5.41) is 3.55. The van der Waals surface area contributed by atoms with Crippen LogP contribution in [0.5, 0.6) is 0 Å². The van der Waals surface area contributed by atoms with E-state index in [9.17, 15) is 14.0 Å².